The first-order chi connectivity index (χ1) is 11.6. The Labute approximate surface area is 145 Å². The van der Waals surface area contributed by atoms with Crippen molar-refractivity contribution < 1.29 is 9.84 Å². The molecular weight excluding hydrogens is 302 g/mol. The van der Waals surface area contributed by atoms with Crippen molar-refractivity contribution in [2.24, 2.45) is 0 Å². The molecule has 0 saturated carbocycles. The molecule has 1 N–H and O–H groups in total. The first-order valence-corrected chi connectivity index (χ1v) is 8.81. The molecule has 1 unspecified atom stereocenters. The molecule has 1 fully saturated rings. The third-order valence-corrected chi connectivity index (χ3v) is 4.67. The second-order valence-corrected chi connectivity index (χ2v) is 6.60. The lowest BCUT2D eigenvalue weighted by Gasteiger charge is -2.36. The molecule has 5 heteroatoms. The van der Waals surface area contributed by atoms with Crippen molar-refractivity contribution in [3.63, 3.8) is 0 Å². The van der Waals surface area contributed by atoms with Gasteiger partial charge in [0.15, 0.2) is 6.10 Å². The van der Waals surface area contributed by atoms with Crippen molar-refractivity contribution in [3.05, 3.63) is 29.8 Å². The van der Waals surface area contributed by atoms with Crippen LogP contribution in [0.4, 0.5) is 0 Å². The second kappa shape index (κ2) is 9.63. The van der Waals surface area contributed by atoms with Crippen molar-refractivity contribution >= 4 is 0 Å². The van der Waals surface area contributed by atoms with E-state index in [-0.39, 0.29) is 6.61 Å². The zero-order valence-electron chi connectivity index (χ0n) is 14.8. The van der Waals surface area contributed by atoms with Crippen LogP contribution in [0.5, 0.6) is 5.75 Å². The Balaban J connectivity index is 1.76. The Hall–Kier alpha value is -1.61. The molecule has 1 aliphatic rings. The maximum atomic E-state index is 8.94. The van der Waals surface area contributed by atoms with Gasteiger partial charge in [-0.25, -0.2) is 0 Å². The lowest BCUT2D eigenvalue weighted by molar-refractivity contribution is 0.117. The van der Waals surface area contributed by atoms with E-state index in [0.717, 1.165) is 38.3 Å². The molecule has 0 amide bonds. The first-order valence-electron chi connectivity index (χ1n) is 8.81. The van der Waals surface area contributed by atoms with Gasteiger partial charge < -0.3 is 14.7 Å². The highest BCUT2D eigenvalue weighted by molar-refractivity contribution is 5.27. The van der Waals surface area contributed by atoms with Gasteiger partial charge in [0.25, 0.3) is 0 Å². The minimum atomic E-state index is -0.419. The summed E-state index contributed by atoms with van der Waals surface area (Å²) in [6.45, 7) is 6.17. The van der Waals surface area contributed by atoms with E-state index < -0.39 is 6.10 Å². The number of hydrogen-bond acceptors (Lipinski definition) is 5. The van der Waals surface area contributed by atoms with Crippen molar-refractivity contribution in [1.29, 1.82) is 5.26 Å². The van der Waals surface area contributed by atoms with Crippen LogP contribution in [0.3, 0.4) is 0 Å². The van der Waals surface area contributed by atoms with E-state index in [1.807, 2.05) is 12.1 Å². The van der Waals surface area contributed by atoms with Gasteiger partial charge in [-0.15, -0.1) is 0 Å². The average molecular weight is 331 g/mol. The summed E-state index contributed by atoms with van der Waals surface area (Å²) in [4.78, 5) is 4.88. The minimum Gasteiger partial charge on any atom is -0.476 e. The van der Waals surface area contributed by atoms with Crippen LogP contribution in [-0.2, 0) is 6.54 Å². The van der Waals surface area contributed by atoms with Crippen molar-refractivity contribution in [1.82, 2.24) is 9.80 Å². The Morgan fingerprint density at radius 2 is 2.00 bits per heavy atom. The molecule has 2 rings (SSSR count). The van der Waals surface area contributed by atoms with Gasteiger partial charge in [0.1, 0.15) is 11.8 Å². The summed E-state index contributed by atoms with van der Waals surface area (Å²) in [6, 6.07) is 10.8. The highest BCUT2D eigenvalue weighted by Crippen LogP contribution is 2.19. The molecule has 1 aliphatic heterocycles. The third-order valence-electron chi connectivity index (χ3n) is 4.67. The summed E-state index contributed by atoms with van der Waals surface area (Å²) >= 11 is 0. The van der Waals surface area contributed by atoms with Gasteiger partial charge >= 0.3 is 0 Å². The van der Waals surface area contributed by atoms with Crippen molar-refractivity contribution in [2.75, 3.05) is 33.3 Å². The van der Waals surface area contributed by atoms with E-state index in [9.17, 15) is 0 Å². The zero-order chi connectivity index (χ0) is 17.4. The SMILES string of the molecule is CC(C#N)Oc1ccc(CN2CCC(N(C)CCCO)CC2)cc1. The van der Waals surface area contributed by atoms with Crippen LogP contribution >= 0.6 is 0 Å². The zero-order valence-corrected chi connectivity index (χ0v) is 14.8. The van der Waals surface area contributed by atoms with E-state index in [0.29, 0.717) is 6.04 Å². The fraction of sp³-hybridized carbons (Fsp3) is 0.632. The quantitative estimate of drug-likeness (QED) is 0.792. The van der Waals surface area contributed by atoms with Crippen LogP contribution in [0.25, 0.3) is 0 Å². The lowest BCUT2D eigenvalue weighted by atomic mass is 10.0. The molecule has 1 atom stereocenters. The summed E-state index contributed by atoms with van der Waals surface area (Å²) in [6.07, 6.45) is 2.80. The van der Waals surface area contributed by atoms with Crippen LogP contribution in [0, 0.1) is 11.3 Å². The van der Waals surface area contributed by atoms with Gasteiger partial charge in [0.2, 0.25) is 0 Å². The van der Waals surface area contributed by atoms with E-state index in [4.69, 9.17) is 15.1 Å². The molecule has 24 heavy (non-hydrogen) atoms. The van der Waals surface area contributed by atoms with Gasteiger partial charge in [0, 0.05) is 25.7 Å². The number of hydrogen-bond donors (Lipinski definition) is 1. The normalized spacial score (nSPS) is 17.6. The standard InChI is InChI=1S/C19H29N3O2/c1-16(14-20)24-19-6-4-17(5-7-19)15-22-11-8-18(9-12-22)21(2)10-3-13-23/h4-7,16,18,23H,3,8-13,15H2,1-2H3. The second-order valence-electron chi connectivity index (χ2n) is 6.60. The molecule has 1 aromatic rings. The third kappa shape index (κ3) is 5.79. The number of aliphatic hydroxyl groups excluding tert-OH is 1. The van der Waals surface area contributed by atoms with Crippen LogP contribution in [0.2, 0.25) is 0 Å². The number of rotatable bonds is 8. The Morgan fingerprint density at radius 1 is 1.33 bits per heavy atom. The lowest BCUT2D eigenvalue weighted by Crippen LogP contribution is -2.43. The molecule has 1 heterocycles. The highest BCUT2D eigenvalue weighted by atomic mass is 16.5. The van der Waals surface area contributed by atoms with E-state index >= 15 is 0 Å². The van der Waals surface area contributed by atoms with E-state index in [2.05, 4.69) is 35.0 Å². The number of likely N-dealkylation sites (tertiary alicyclic amines) is 1. The smallest absolute Gasteiger partial charge is 0.181 e. The maximum Gasteiger partial charge on any atom is 0.181 e. The van der Waals surface area contributed by atoms with Gasteiger partial charge in [-0.05, 0) is 64.0 Å². The number of nitriles is 1. The van der Waals surface area contributed by atoms with E-state index in [1.54, 1.807) is 6.92 Å². The van der Waals surface area contributed by atoms with Crippen LogP contribution in [0.1, 0.15) is 31.7 Å². The number of ether oxygens (including phenoxy) is 1. The Kier molecular flexibility index (Phi) is 7.51. The molecule has 1 aromatic carbocycles. The fourth-order valence-electron chi connectivity index (χ4n) is 3.18. The fourth-order valence-corrected chi connectivity index (χ4v) is 3.18. The predicted molar refractivity (Wildman–Crippen MR) is 94.8 cm³/mol. The molecule has 0 aliphatic carbocycles. The number of nitrogens with zero attached hydrogens (tertiary/aromatic N) is 3. The van der Waals surface area contributed by atoms with Gasteiger partial charge in [-0.2, -0.15) is 5.26 Å². The van der Waals surface area contributed by atoms with Gasteiger partial charge in [0.05, 0.1) is 0 Å². The monoisotopic (exact) mass is 331 g/mol. The summed E-state index contributed by atoms with van der Waals surface area (Å²) in [5.41, 5.74) is 1.28. The van der Waals surface area contributed by atoms with Crippen LogP contribution in [0.15, 0.2) is 24.3 Å². The molecule has 1 saturated heterocycles. The van der Waals surface area contributed by atoms with Crippen LogP contribution < -0.4 is 4.74 Å². The molecule has 0 spiro atoms. The largest absolute Gasteiger partial charge is 0.476 e. The van der Waals surface area contributed by atoms with Crippen LogP contribution in [-0.4, -0.2) is 60.3 Å². The molecule has 132 valence electrons. The summed E-state index contributed by atoms with van der Waals surface area (Å²) in [5.74, 6) is 0.747. The van der Waals surface area contributed by atoms with Gasteiger partial charge in [-0.1, -0.05) is 12.1 Å². The Morgan fingerprint density at radius 3 is 2.58 bits per heavy atom. The van der Waals surface area contributed by atoms with E-state index in [1.165, 1.54) is 18.4 Å². The summed E-state index contributed by atoms with van der Waals surface area (Å²) < 4.78 is 5.48. The first kappa shape index (κ1) is 18.7. The summed E-state index contributed by atoms with van der Waals surface area (Å²) in [7, 11) is 2.16. The number of aliphatic hydroxyl groups is 1. The average Bonchev–Trinajstić information content (AvgIpc) is 2.61. The van der Waals surface area contributed by atoms with Crippen molar-refractivity contribution in [2.45, 2.75) is 44.9 Å². The summed E-state index contributed by atoms with van der Waals surface area (Å²) in [5, 5.41) is 17.7. The topological polar surface area (TPSA) is 59.7 Å². The predicted octanol–water partition coefficient (Wildman–Crippen LogP) is 2.26. The number of benzene rings is 1. The van der Waals surface area contributed by atoms with Crippen molar-refractivity contribution in [3.8, 4) is 11.8 Å². The molecule has 5 nitrogen and oxygen atoms in total. The highest BCUT2D eigenvalue weighted by Gasteiger charge is 2.22. The minimum absolute atomic E-state index is 0.274. The molecule has 0 radical (unpaired) electrons. The number of piperidine rings is 1. The Bertz CT molecular complexity index is 518. The molecule has 0 bridgehead atoms. The molecular formula is C19H29N3O2. The maximum absolute atomic E-state index is 8.94. The van der Waals surface area contributed by atoms with Gasteiger partial charge in [-0.3, -0.25) is 4.90 Å². The molecule has 0 aromatic heterocycles.